The van der Waals surface area contributed by atoms with E-state index in [4.69, 9.17) is 0 Å². The van der Waals surface area contributed by atoms with Crippen molar-refractivity contribution in [3.05, 3.63) is 57.8 Å². The minimum Gasteiger partial charge on any atom is -0.480 e. The average Bonchev–Trinajstić information content (AvgIpc) is 2.96. The molecule has 1 aromatic heterocycles. The van der Waals surface area contributed by atoms with E-state index in [0.29, 0.717) is 12.1 Å². The zero-order valence-electron chi connectivity index (χ0n) is 11.7. The van der Waals surface area contributed by atoms with Gasteiger partial charge in [0.15, 0.2) is 5.78 Å². The van der Waals surface area contributed by atoms with Gasteiger partial charge >= 0.3 is 5.97 Å². The van der Waals surface area contributed by atoms with Crippen molar-refractivity contribution < 1.29 is 14.7 Å². The molecule has 21 heavy (non-hydrogen) atoms. The molecule has 5 heteroatoms. The number of thiophene rings is 1. The molecule has 0 spiro atoms. The Morgan fingerprint density at radius 2 is 1.95 bits per heavy atom. The lowest BCUT2D eigenvalue weighted by Crippen LogP contribution is -2.37. The minimum absolute atomic E-state index is 0.0518. The van der Waals surface area contributed by atoms with Crippen molar-refractivity contribution in [1.82, 2.24) is 5.32 Å². The van der Waals surface area contributed by atoms with Gasteiger partial charge in [0.2, 0.25) is 0 Å². The van der Waals surface area contributed by atoms with Crippen LogP contribution < -0.4 is 5.32 Å². The Hall–Kier alpha value is -1.98. The van der Waals surface area contributed by atoms with Crippen LogP contribution in [-0.4, -0.2) is 22.9 Å². The van der Waals surface area contributed by atoms with E-state index in [9.17, 15) is 14.7 Å². The molecular weight excluding hydrogens is 286 g/mol. The number of hydrogen-bond donors (Lipinski definition) is 2. The summed E-state index contributed by atoms with van der Waals surface area (Å²) in [5, 5.41) is 14.1. The van der Waals surface area contributed by atoms with Crippen molar-refractivity contribution in [2.45, 2.75) is 25.9 Å². The van der Waals surface area contributed by atoms with Crippen molar-refractivity contribution >= 4 is 23.1 Å². The standard InChI is InChI=1S/C16H17NO3S/c1-11-4-6-12(7-5-11)15(18)9-14(16(19)20)17-10-13-3-2-8-21-13/h2-8,14,17H,9-10H2,1H3,(H,19,20). The summed E-state index contributed by atoms with van der Waals surface area (Å²) >= 11 is 1.55. The molecular formula is C16H17NO3S. The molecule has 1 heterocycles. The van der Waals surface area contributed by atoms with Gasteiger partial charge in [-0.15, -0.1) is 11.3 Å². The highest BCUT2D eigenvalue weighted by molar-refractivity contribution is 7.09. The van der Waals surface area contributed by atoms with Gasteiger partial charge in [-0.1, -0.05) is 35.9 Å². The lowest BCUT2D eigenvalue weighted by atomic mass is 10.0. The van der Waals surface area contributed by atoms with E-state index in [0.717, 1.165) is 10.4 Å². The fraction of sp³-hybridized carbons (Fsp3) is 0.250. The van der Waals surface area contributed by atoms with Gasteiger partial charge in [-0.3, -0.25) is 14.9 Å². The van der Waals surface area contributed by atoms with Crippen LogP contribution in [0.4, 0.5) is 0 Å². The van der Waals surface area contributed by atoms with E-state index in [-0.39, 0.29) is 12.2 Å². The smallest absolute Gasteiger partial charge is 0.321 e. The predicted molar refractivity (Wildman–Crippen MR) is 82.7 cm³/mol. The van der Waals surface area contributed by atoms with Gasteiger partial charge in [-0.05, 0) is 18.4 Å². The van der Waals surface area contributed by atoms with Crippen molar-refractivity contribution in [2.24, 2.45) is 0 Å². The SMILES string of the molecule is Cc1ccc(C(=O)CC(NCc2cccs2)C(=O)O)cc1. The molecule has 0 amide bonds. The summed E-state index contributed by atoms with van der Waals surface area (Å²) in [4.78, 5) is 24.4. The van der Waals surface area contributed by atoms with Gasteiger partial charge in [-0.25, -0.2) is 0 Å². The van der Waals surface area contributed by atoms with Crippen LogP contribution in [0.3, 0.4) is 0 Å². The fourth-order valence-corrected chi connectivity index (χ4v) is 2.58. The lowest BCUT2D eigenvalue weighted by Gasteiger charge is -2.13. The first-order valence-electron chi connectivity index (χ1n) is 6.64. The number of hydrogen-bond acceptors (Lipinski definition) is 4. The number of carboxylic acid groups (broad SMARTS) is 1. The van der Waals surface area contributed by atoms with E-state index >= 15 is 0 Å². The third-order valence-corrected chi connectivity index (χ3v) is 4.04. The van der Waals surface area contributed by atoms with Crippen molar-refractivity contribution in [2.75, 3.05) is 0 Å². The summed E-state index contributed by atoms with van der Waals surface area (Å²) in [6, 6.07) is 10.1. The second kappa shape index (κ2) is 7.15. The lowest BCUT2D eigenvalue weighted by molar-refractivity contribution is -0.139. The number of rotatable bonds is 7. The van der Waals surface area contributed by atoms with Gasteiger partial charge < -0.3 is 5.11 Å². The second-order valence-corrected chi connectivity index (χ2v) is 5.88. The number of aryl methyl sites for hydroxylation is 1. The largest absolute Gasteiger partial charge is 0.480 e. The van der Waals surface area contributed by atoms with Crippen molar-refractivity contribution in [3.63, 3.8) is 0 Å². The Morgan fingerprint density at radius 1 is 1.24 bits per heavy atom. The first kappa shape index (κ1) is 15.4. The van der Waals surface area contributed by atoms with E-state index in [1.165, 1.54) is 0 Å². The number of Topliss-reactive ketones (excluding diaryl/α,β-unsaturated/α-hetero) is 1. The Bertz CT molecular complexity index is 605. The molecule has 0 aliphatic heterocycles. The van der Waals surface area contributed by atoms with Crippen LogP contribution in [0.1, 0.15) is 27.2 Å². The van der Waals surface area contributed by atoms with Crippen LogP contribution in [0.5, 0.6) is 0 Å². The Morgan fingerprint density at radius 3 is 2.52 bits per heavy atom. The average molecular weight is 303 g/mol. The molecule has 0 saturated heterocycles. The maximum absolute atomic E-state index is 12.1. The first-order valence-corrected chi connectivity index (χ1v) is 7.52. The molecule has 0 aliphatic rings. The molecule has 2 aromatic rings. The van der Waals surface area contributed by atoms with Crippen LogP contribution in [0, 0.1) is 6.92 Å². The summed E-state index contributed by atoms with van der Waals surface area (Å²) in [5.41, 5.74) is 1.61. The zero-order chi connectivity index (χ0) is 15.2. The van der Waals surface area contributed by atoms with Gasteiger partial charge in [0.1, 0.15) is 6.04 Å². The number of benzene rings is 1. The summed E-state index contributed by atoms with van der Waals surface area (Å²) in [7, 11) is 0. The minimum atomic E-state index is -1.01. The number of ketones is 1. The molecule has 2 rings (SSSR count). The molecule has 0 fully saturated rings. The van der Waals surface area contributed by atoms with E-state index in [1.54, 1.807) is 23.5 Å². The summed E-state index contributed by atoms with van der Waals surface area (Å²) < 4.78 is 0. The monoisotopic (exact) mass is 303 g/mol. The zero-order valence-corrected chi connectivity index (χ0v) is 12.5. The Kier molecular flexibility index (Phi) is 5.25. The first-order chi connectivity index (χ1) is 10.1. The van der Waals surface area contributed by atoms with Crippen LogP contribution >= 0.6 is 11.3 Å². The second-order valence-electron chi connectivity index (χ2n) is 4.84. The van der Waals surface area contributed by atoms with Gasteiger partial charge in [0.25, 0.3) is 0 Å². The maximum atomic E-state index is 12.1. The Labute approximate surface area is 127 Å². The molecule has 0 bridgehead atoms. The summed E-state index contributed by atoms with van der Waals surface area (Å²) in [6.07, 6.45) is -0.0518. The molecule has 1 unspecified atom stereocenters. The van der Waals surface area contributed by atoms with E-state index < -0.39 is 12.0 Å². The molecule has 1 atom stereocenters. The van der Waals surface area contributed by atoms with Gasteiger partial charge in [0.05, 0.1) is 0 Å². The highest BCUT2D eigenvalue weighted by Crippen LogP contribution is 2.11. The summed E-state index contributed by atoms with van der Waals surface area (Å²) in [5.74, 6) is -1.17. The highest BCUT2D eigenvalue weighted by atomic mass is 32.1. The molecule has 0 saturated carbocycles. The van der Waals surface area contributed by atoms with E-state index in [2.05, 4.69) is 5.32 Å². The molecule has 1 aromatic carbocycles. The van der Waals surface area contributed by atoms with Crippen LogP contribution in [0.2, 0.25) is 0 Å². The number of aliphatic carboxylic acids is 1. The number of carboxylic acids is 1. The van der Waals surface area contributed by atoms with Crippen molar-refractivity contribution in [3.8, 4) is 0 Å². The third kappa shape index (κ3) is 4.51. The predicted octanol–water partition coefficient (Wildman–Crippen LogP) is 2.87. The van der Waals surface area contributed by atoms with Crippen LogP contribution in [0.15, 0.2) is 41.8 Å². The van der Waals surface area contributed by atoms with Gasteiger partial charge in [-0.2, -0.15) is 0 Å². The van der Waals surface area contributed by atoms with Crippen LogP contribution in [0.25, 0.3) is 0 Å². The van der Waals surface area contributed by atoms with E-state index in [1.807, 2.05) is 36.6 Å². The van der Waals surface area contributed by atoms with Crippen LogP contribution in [-0.2, 0) is 11.3 Å². The molecule has 4 nitrogen and oxygen atoms in total. The molecule has 2 N–H and O–H groups in total. The maximum Gasteiger partial charge on any atom is 0.321 e. The molecule has 0 aliphatic carbocycles. The molecule has 110 valence electrons. The topological polar surface area (TPSA) is 66.4 Å². The normalized spacial score (nSPS) is 12.0. The quantitative estimate of drug-likeness (QED) is 0.772. The highest BCUT2D eigenvalue weighted by Gasteiger charge is 2.21. The van der Waals surface area contributed by atoms with Crippen molar-refractivity contribution in [1.29, 1.82) is 0 Å². The number of carbonyl (C=O) groups excluding carboxylic acids is 1. The third-order valence-electron chi connectivity index (χ3n) is 3.16. The van der Waals surface area contributed by atoms with Gasteiger partial charge in [0, 0.05) is 23.4 Å². The number of carbonyl (C=O) groups is 2. The summed E-state index contributed by atoms with van der Waals surface area (Å²) in [6.45, 7) is 2.40. The number of nitrogens with one attached hydrogen (secondary N) is 1. The Balaban J connectivity index is 1.97. The molecule has 0 radical (unpaired) electrons. The fourth-order valence-electron chi connectivity index (χ4n) is 1.93.